The fourth-order valence-corrected chi connectivity index (χ4v) is 2.36. The zero-order valence-corrected chi connectivity index (χ0v) is 15.7. The Morgan fingerprint density at radius 1 is 1.04 bits per heavy atom. The van der Waals surface area contributed by atoms with Gasteiger partial charge >= 0.3 is 5.97 Å². The van der Waals surface area contributed by atoms with Gasteiger partial charge in [0.25, 0.3) is 0 Å². The van der Waals surface area contributed by atoms with Crippen LogP contribution in [0.5, 0.6) is 11.5 Å². The molecule has 0 aliphatic heterocycles. The van der Waals surface area contributed by atoms with E-state index in [1.807, 2.05) is 13.0 Å². The van der Waals surface area contributed by atoms with Gasteiger partial charge in [-0.25, -0.2) is 4.79 Å². The molecule has 6 heteroatoms. The Morgan fingerprint density at radius 2 is 1.85 bits per heavy atom. The molecule has 0 aliphatic carbocycles. The number of methoxy groups -OCH3 is 1. The molecule has 0 saturated heterocycles. The minimum absolute atomic E-state index is 0.295. The van der Waals surface area contributed by atoms with Crippen LogP contribution in [0.2, 0.25) is 0 Å². The molecule has 0 heterocycles. The Hall–Kier alpha value is -3.28. The molecule has 0 fully saturated rings. The molecular formula is C21H23NO5. The van der Waals surface area contributed by atoms with Crippen molar-refractivity contribution in [1.29, 1.82) is 0 Å². The van der Waals surface area contributed by atoms with E-state index < -0.39 is 5.97 Å². The summed E-state index contributed by atoms with van der Waals surface area (Å²) in [6.45, 7) is 4.47. The molecule has 0 radical (unpaired) electrons. The minimum atomic E-state index is -0.425. The molecule has 6 nitrogen and oxygen atoms in total. The normalized spacial score (nSPS) is 10.5. The number of hydrogen-bond acceptors (Lipinski definition) is 5. The molecule has 27 heavy (non-hydrogen) atoms. The molecule has 1 N–H and O–H groups in total. The van der Waals surface area contributed by atoms with Gasteiger partial charge in [-0.2, -0.15) is 0 Å². The number of carbonyl (C=O) groups excluding carboxylic acids is 2. The van der Waals surface area contributed by atoms with Crippen LogP contribution in [0.1, 0.15) is 29.8 Å². The fourth-order valence-electron chi connectivity index (χ4n) is 2.36. The van der Waals surface area contributed by atoms with Gasteiger partial charge in [-0.3, -0.25) is 4.79 Å². The van der Waals surface area contributed by atoms with Crippen molar-refractivity contribution in [1.82, 2.24) is 0 Å². The van der Waals surface area contributed by atoms with E-state index in [2.05, 4.69) is 5.32 Å². The van der Waals surface area contributed by atoms with Gasteiger partial charge in [-0.1, -0.05) is 12.1 Å². The van der Waals surface area contributed by atoms with Crippen molar-refractivity contribution in [3.05, 3.63) is 59.7 Å². The highest BCUT2D eigenvalue weighted by molar-refractivity contribution is 6.02. The first-order chi connectivity index (χ1) is 13.1. The first-order valence-electron chi connectivity index (χ1n) is 8.64. The average Bonchev–Trinajstić information content (AvgIpc) is 2.67. The van der Waals surface area contributed by atoms with Crippen molar-refractivity contribution in [3.63, 3.8) is 0 Å². The van der Waals surface area contributed by atoms with Crippen LogP contribution >= 0.6 is 0 Å². The van der Waals surface area contributed by atoms with E-state index in [9.17, 15) is 9.59 Å². The largest absolute Gasteiger partial charge is 0.493 e. The Labute approximate surface area is 158 Å². The number of rotatable bonds is 8. The third-order valence-electron chi connectivity index (χ3n) is 3.56. The van der Waals surface area contributed by atoms with E-state index in [-0.39, 0.29) is 5.91 Å². The number of amides is 1. The summed E-state index contributed by atoms with van der Waals surface area (Å²) in [7, 11) is 1.56. The Balaban J connectivity index is 2.05. The van der Waals surface area contributed by atoms with Crippen molar-refractivity contribution in [2.75, 3.05) is 25.6 Å². The lowest BCUT2D eigenvalue weighted by molar-refractivity contribution is -0.111. The predicted molar refractivity (Wildman–Crippen MR) is 104 cm³/mol. The molecule has 0 spiro atoms. The van der Waals surface area contributed by atoms with Gasteiger partial charge in [0.05, 0.1) is 25.9 Å². The summed E-state index contributed by atoms with van der Waals surface area (Å²) in [5.41, 5.74) is 1.69. The second kappa shape index (κ2) is 10.0. The topological polar surface area (TPSA) is 73.9 Å². The molecule has 0 saturated carbocycles. The van der Waals surface area contributed by atoms with Gasteiger partial charge in [0.1, 0.15) is 0 Å². The fraction of sp³-hybridized carbons (Fsp3) is 0.238. The summed E-state index contributed by atoms with van der Waals surface area (Å²) in [5.74, 6) is 0.508. The summed E-state index contributed by atoms with van der Waals surface area (Å²) >= 11 is 0. The Morgan fingerprint density at radius 3 is 2.56 bits per heavy atom. The van der Waals surface area contributed by atoms with Gasteiger partial charge in [0, 0.05) is 11.8 Å². The lowest BCUT2D eigenvalue weighted by Gasteiger charge is -2.09. The van der Waals surface area contributed by atoms with Gasteiger partial charge in [-0.15, -0.1) is 0 Å². The number of anilines is 1. The van der Waals surface area contributed by atoms with Crippen LogP contribution in [0, 0.1) is 0 Å². The number of benzene rings is 2. The van der Waals surface area contributed by atoms with E-state index in [0.717, 1.165) is 5.56 Å². The second-order valence-corrected chi connectivity index (χ2v) is 5.47. The van der Waals surface area contributed by atoms with Crippen LogP contribution in [-0.4, -0.2) is 32.2 Å². The maximum Gasteiger partial charge on any atom is 0.338 e. The van der Waals surface area contributed by atoms with E-state index in [1.54, 1.807) is 56.5 Å². The zero-order chi connectivity index (χ0) is 19.6. The predicted octanol–water partition coefficient (Wildman–Crippen LogP) is 3.92. The van der Waals surface area contributed by atoms with Gasteiger partial charge in [0.15, 0.2) is 11.5 Å². The van der Waals surface area contributed by atoms with Crippen molar-refractivity contribution in [2.24, 2.45) is 0 Å². The SMILES string of the molecule is CCOC(=O)c1cccc(NC(=O)/C=C/c2ccc(OCC)c(OC)c2)c1. The first kappa shape index (κ1) is 20.0. The van der Waals surface area contributed by atoms with Crippen LogP contribution in [0.4, 0.5) is 5.69 Å². The quantitative estimate of drug-likeness (QED) is 0.564. The maximum atomic E-state index is 12.1. The summed E-state index contributed by atoms with van der Waals surface area (Å²) in [6.07, 6.45) is 3.08. The number of nitrogens with one attached hydrogen (secondary N) is 1. The van der Waals surface area contributed by atoms with Crippen molar-refractivity contribution >= 4 is 23.6 Å². The van der Waals surface area contributed by atoms with Crippen LogP contribution in [0.3, 0.4) is 0 Å². The average molecular weight is 369 g/mol. The number of hydrogen-bond donors (Lipinski definition) is 1. The third kappa shape index (κ3) is 5.88. The first-order valence-corrected chi connectivity index (χ1v) is 8.64. The zero-order valence-electron chi connectivity index (χ0n) is 15.7. The standard InChI is InChI=1S/C21H23NO5/c1-4-26-18-11-9-15(13-19(18)25-3)10-12-20(23)22-17-8-6-7-16(14-17)21(24)27-5-2/h6-14H,4-5H2,1-3H3,(H,22,23)/b12-10+. The Kier molecular flexibility index (Phi) is 7.43. The lowest BCUT2D eigenvalue weighted by atomic mass is 10.1. The summed E-state index contributed by atoms with van der Waals surface area (Å²) < 4.78 is 15.7. The molecule has 2 rings (SSSR count). The van der Waals surface area contributed by atoms with Crippen LogP contribution < -0.4 is 14.8 Å². The molecule has 142 valence electrons. The van der Waals surface area contributed by atoms with Crippen LogP contribution in [0.25, 0.3) is 6.08 Å². The summed E-state index contributed by atoms with van der Waals surface area (Å²) in [4.78, 5) is 23.9. The number of ether oxygens (including phenoxy) is 3. The monoisotopic (exact) mass is 369 g/mol. The summed E-state index contributed by atoms with van der Waals surface area (Å²) in [6, 6.07) is 12.0. The lowest BCUT2D eigenvalue weighted by Crippen LogP contribution is -2.09. The smallest absolute Gasteiger partial charge is 0.338 e. The molecule has 1 amide bonds. The third-order valence-corrected chi connectivity index (χ3v) is 3.56. The van der Waals surface area contributed by atoms with E-state index >= 15 is 0 Å². The molecule has 0 atom stereocenters. The van der Waals surface area contributed by atoms with Gasteiger partial charge in [-0.05, 0) is 55.8 Å². The van der Waals surface area contributed by atoms with E-state index in [1.165, 1.54) is 6.08 Å². The number of carbonyl (C=O) groups is 2. The van der Waals surface area contributed by atoms with Gasteiger partial charge < -0.3 is 19.5 Å². The summed E-state index contributed by atoms with van der Waals surface area (Å²) in [5, 5.41) is 2.72. The highest BCUT2D eigenvalue weighted by Crippen LogP contribution is 2.28. The van der Waals surface area contributed by atoms with E-state index in [0.29, 0.717) is 36.0 Å². The molecular weight excluding hydrogens is 346 g/mol. The van der Waals surface area contributed by atoms with Gasteiger partial charge in [0.2, 0.25) is 5.91 Å². The Bertz CT molecular complexity index is 829. The van der Waals surface area contributed by atoms with Crippen molar-refractivity contribution < 1.29 is 23.8 Å². The molecule has 0 unspecified atom stereocenters. The number of esters is 1. The van der Waals surface area contributed by atoms with Crippen LogP contribution in [-0.2, 0) is 9.53 Å². The van der Waals surface area contributed by atoms with Crippen molar-refractivity contribution in [3.8, 4) is 11.5 Å². The van der Waals surface area contributed by atoms with Crippen LogP contribution in [0.15, 0.2) is 48.5 Å². The van der Waals surface area contributed by atoms with E-state index in [4.69, 9.17) is 14.2 Å². The van der Waals surface area contributed by atoms with Crippen molar-refractivity contribution in [2.45, 2.75) is 13.8 Å². The molecule has 0 aliphatic rings. The molecule has 0 aromatic heterocycles. The second-order valence-electron chi connectivity index (χ2n) is 5.47. The highest BCUT2D eigenvalue weighted by atomic mass is 16.5. The molecule has 0 bridgehead atoms. The molecule has 2 aromatic carbocycles. The maximum absolute atomic E-state index is 12.1. The highest BCUT2D eigenvalue weighted by Gasteiger charge is 2.08. The molecule has 2 aromatic rings. The minimum Gasteiger partial charge on any atom is -0.493 e.